The lowest BCUT2D eigenvalue weighted by Gasteiger charge is -2.40. The van der Waals surface area contributed by atoms with Crippen LogP contribution in [0, 0.1) is 11.3 Å². The first-order valence-corrected chi connectivity index (χ1v) is 13.9. The predicted octanol–water partition coefficient (Wildman–Crippen LogP) is 3.00. The van der Waals surface area contributed by atoms with Gasteiger partial charge in [-0.2, -0.15) is 5.10 Å². The van der Waals surface area contributed by atoms with Crippen molar-refractivity contribution in [3.05, 3.63) is 17.0 Å². The summed E-state index contributed by atoms with van der Waals surface area (Å²) in [5, 5.41) is 8.38. The number of hydrogen-bond acceptors (Lipinski definition) is 6. The van der Waals surface area contributed by atoms with Gasteiger partial charge in [-0.3, -0.25) is 14.4 Å². The summed E-state index contributed by atoms with van der Waals surface area (Å²) in [4.78, 5) is 17.4. The molecule has 0 atom stereocenters. The minimum Gasteiger partial charge on any atom is -0.381 e. The molecule has 0 unspecified atom stereocenters. The Morgan fingerprint density at radius 1 is 1.11 bits per heavy atom. The zero-order valence-electron chi connectivity index (χ0n) is 22.5. The minimum absolute atomic E-state index is 0.119. The van der Waals surface area contributed by atoms with Crippen molar-refractivity contribution in [2.75, 3.05) is 60.2 Å². The number of nitrogens with zero attached hydrogens (tertiary/aromatic N) is 4. The molecule has 8 heteroatoms. The quantitative estimate of drug-likeness (QED) is 0.459. The molecule has 1 aromatic rings. The van der Waals surface area contributed by atoms with E-state index in [9.17, 15) is 4.79 Å². The van der Waals surface area contributed by atoms with Crippen LogP contribution in [0.2, 0.25) is 0 Å². The average molecular weight is 490 g/mol. The van der Waals surface area contributed by atoms with Gasteiger partial charge in [0.05, 0.1) is 37.7 Å². The van der Waals surface area contributed by atoms with Gasteiger partial charge in [-0.15, -0.1) is 0 Å². The van der Waals surface area contributed by atoms with Crippen molar-refractivity contribution in [2.45, 2.75) is 77.9 Å². The Morgan fingerprint density at radius 3 is 2.40 bits per heavy atom. The topological polar surface area (TPSA) is 71.9 Å². The van der Waals surface area contributed by atoms with E-state index in [-0.39, 0.29) is 11.3 Å². The Balaban J connectivity index is 1.55. The molecule has 35 heavy (non-hydrogen) atoms. The fourth-order valence-corrected chi connectivity index (χ4v) is 5.88. The number of nitrogens with one attached hydrogen (secondary N) is 1. The Hall–Kier alpha value is -1.48. The van der Waals surface area contributed by atoms with Gasteiger partial charge >= 0.3 is 0 Å². The smallest absolute Gasteiger partial charge is 0.226 e. The van der Waals surface area contributed by atoms with Crippen molar-refractivity contribution < 1.29 is 14.3 Å². The highest BCUT2D eigenvalue weighted by atomic mass is 16.5. The van der Waals surface area contributed by atoms with Gasteiger partial charge in [0, 0.05) is 56.3 Å². The molecule has 0 radical (unpaired) electrons. The second-order valence-corrected chi connectivity index (χ2v) is 11.0. The largest absolute Gasteiger partial charge is 0.381 e. The number of fused-ring (bicyclic) bond motifs is 1. The summed E-state index contributed by atoms with van der Waals surface area (Å²) >= 11 is 0. The van der Waals surface area contributed by atoms with Gasteiger partial charge in [0.25, 0.3) is 0 Å². The standard InChI is InChI=1S/C27H47N5O3/c1-5-34-19-27(20-35-6-2)11-9-21(10-12-27)25-23(17-30(4)14-13-28-3)29-32-16-15-31(18-24(25)32)26(33)22-7-8-22/h21-22,28H,5-20H2,1-4H3. The number of aromatic nitrogens is 2. The molecule has 0 bridgehead atoms. The van der Waals surface area contributed by atoms with Crippen molar-refractivity contribution >= 4 is 5.91 Å². The van der Waals surface area contributed by atoms with E-state index < -0.39 is 0 Å². The minimum atomic E-state index is 0.119. The second kappa shape index (κ2) is 12.2. The summed E-state index contributed by atoms with van der Waals surface area (Å²) in [5.74, 6) is 1.11. The van der Waals surface area contributed by atoms with Crippen molar-refractivity contribution in [2.24, 2.45) is 11.3 Å². The first-order chi connectivity index (χ1) is 17.0. The van der Waals surface area contributed by atoms with Crippen molar-refractivity contribution in [1.82, 2.24) is 24.9 Å². The van der Waals surface area contributed by atoms with Gasteiger partial charge in [0.2, 0.25) is 5.91 Å². The SMILES string of the molecule is CCOCC1(COCC)CCC(c2c(CN(C)CCNC)nn3c2CN(C(=O)C2CC2)CC3)CC1. The van der Waals surface area contributed by atoms with E-state index in [1.807, 2.05) is 7.05 Å². The van der Waals surface area contributed by atoms with Crippen molar-refractivity contribution in [3.63, 3.8) is 0 Å². The molecule has 1 amide bonds. The number of likely N-dealkylation sites (N-methyl/N-ethyl adjacent to an activating group) is 2. The van der Waals surface area contributed by atoms with Crippen LogP contribution in [0.5, 0.6) is 0 Å². The van der Waals surface area contributed by atoms with E-state index in [2.05, 4.69) is 40.7 Å². The Labute approximate surface area is 211 Å². The second-order valence-electron chi connectivity index (χ2n) is 11.0. The lowest BCUT2D eigenvalue weighted by molar-refractivity contribution is -0.134. The number of carbonyl (C=O) groups excluding carboxylic acids is 1. The van der Waals surface area contributed by atoms with Crippen LogP contribution < -0.4 is 5.32 Å². The molecule has 198 valence electrons. The van der Waals surface area contributed by atoms with E-state index in [0.29, 0.717) is 11.8 Å². The Morgan fingerprint density at radius 2 is 1.80 bits per heavy atom. The van der Waals surface area contributed by atoms with Crippen LogP contribution in [0.25, 0.3) is 0 Å². The molecule has 0 aromatic carbocycles. The highest BCUT2D eigenvalue weighted by Crippen LogP contribution is 2.46. The molecule has 2 saturated carbocycles. The van der Waals surface area contributed by atoms with E-state index in [4.69, 9.17) is 14.6 Å². The fraction of sp³-hybridized carbons (Fsp3) is 0.852. The van der Waals surface area contributed by atoms with Crippen LogP contribution >= 0.6 is 0 Å². The maximum Gasteiger partial charge on any atom is 0.226 e. The fourth-order valence-electron chi connectivity index (χ4n) is 5.88. The number of ether oxygens (including phenoxy) is 2. The van der Waals surface area contributed by atoms with Crippen LogP contribution in [0.1, 0.15) is 75.2 Å². The normalized spacial score (nSPS) is 20.4. The van der Waals surface area contributed by atoms with Crippen molar-refractivity contribution in [3.8, 4) is 0 Å². The monoisotopic (exact) mass is 489 g/mol. The predicted molar refractivity (Wildman–Crippen MR) is 137 cm³/mol. The third-order valence-corrected chi connectivity index (χ3v) is 8.18. The van der Waals surface area contributed by atoms with Gasteiger partial charge in [0.1, 0.15) is 0 Å². The van der Waals surface area contributed by atoms with Crippen molar-refractivity contribution in [1.29, 1.82) is 0 Å². The molecule has 4 rings (SSSR count). The number of amides is 1. The molecule has 1 aromatic heterocycles. The molecule has 3 aliphatic rings. The lowest BCUT2D eigenvalue weighted by Crippen LogP contribution is -2.40. The Bertz CT molecular complexity index is 819. The van der Waals surface area contributed by atoms with Crippen LogP contribution in [0.15, 0.2) is 0 Å². The van der Waals surface area contributed by atoms with E-state index in [1.165, 1.54) is 17.0 Å². The van der Waals surface area contributed by atoms with Crippen LogP contribution in [-0.4, -0.2) is 85.6 Å². The molecule has 8 nitrogen and oxygen atoms in total. The summed E-state index contributed by atoms with van der Waals surface area (Å²) in [6.07, 6.45) is 6.61. The molecule has 0 saturated heterocycles. The van der Waals surface area contributed by atoms with E-state index in [1.54, 1.807) is 0 Å². The third-order valence-electron chi connectivity index (χ3n) is 8.18. The van der Waals surface area contributed by atoms with Gasteiger partial charge in [-0.25, -0.2) is 0 Å². The van der Waals surface area contributed by atoms with Gasteiger partial charge in [0.15, 0.2) is 0 Å². The van der Waals surface area contributed by atoms with Crippen LogP contribution in [0.3, 0.4) is 0 Å². The first kappa shape index (κ1) is 26.6. The lowest BCUT2D eigenvalue weighted by atomic mass is 9.69. The summed E-state index contributed by atoms with van der Waals surface area (Å²) in [5.41, 5.74) is 4.05. The zero-order chi connectivity index (χ0) is 24.8. The molecule has 1 aliphatic heterocycles. The van der Waals surface area contributed by atoms with Gasteiger partial charge < -0.3 is 19.7 Å². The maximum atomic E-state index is 12.9. The van der Waals surface area contributed by atoms with Gasteiger partial charge in [-0.1, -0.05) is 0 Å². The molecular weight excluding hydrogens is 442 g/mol. The average Bonchev–Trinajstić information content (AvgIpc) is 3.66. The highest BCUT2D eigenvalue weighted by Gasteiger charge is 2.40. The number of hydrogen-bond donors (Lipinski definition) is 1. The molecule has 1 N–H and O–H groups in total. The summed E-state index contributed by atoms with van der Waals surface area (Å²) in [7, 11) is 4.18. The third kappa shape index (κ3) is 6.45. The van der Waals surface area contributed by atoms with Crippen LogP contribution in [0.4, 0.5) is 0 Å². The molecular formula is C27H47N5O3. The molecule has 0 spiro atoms. The summed E-state index contributed by atoms with van der Waals surface area (Å²) in [6.45, 7) is 12.3. The first-order valence-electron chi connectivity index (χ1n) is 13.9. The number of rotatable bonds is 13. The molecule has 2 fully saturated rings. The summed E-state index contributed by atoms with van der Waals surface area (Å²) in [6, 6.07) is 0. The highest BCUT2D eigenvalue weighted by molar-refractivity contribution is 5.81. The zero-order valence-corrected chi connectivity index (χ0v) is 22.5. The molecule has 2 heterocycles. The summed E-state index contributed by atoms with van der Waals surface area (Å²) < 4.78 is 14.1. The maximum absolute atomic E-state index is 12.9. The van der Waals surface area contributed by atoms with Crippen LogP contribution in [-0.2, 0) is 33.9 Å². The van der Waals surface area contributed by atoms with E-state index in [0.717, 1.165) is 104 Å². The van der Waals surface area contributed by atoms with E-state index >= 15 is 0 Å². The van der Waals surface area contributed by atoms with Gasteiger partial charge in [-0.05, 0) is 72.4 Å². The Kier molecular flexibility index (Phi) is 9.24. The molecule has 2 aliphatic carbocycles. The number of carbonyl (C=O) groups is 1.